The molecular weight excluding hydrogens is 360 g/mol. The van der Waals surface area contributed by atoms with E-state index < -0.39 is 0 Å². The molecule has 1 aliphatic heterocycles. The maximum atomic E-state index is 12.1. The Morgan fingerprint density at radius 1 is 1.21 bits per heavy atom. The van der Waals surface area contributed by atoms with Gasteiger partial charge in [-0.1, -0.05) is 5.16 Å². The third-order valence-corrected chi connectivity index (χ3v) is 5.48. The Balaban J connectivity index is 1.16. The van der Waals surface area contributed by atoms with Crippen LogP contribution in [0.3, 0.4) is 0 Å². The molecule has 8 heteroatoms. The number of aromatic nitrogens is 3. The van der Waals surface area contributed by atoms with E-state index in [0.29, 0.717) is 35.9 Å². The molecule has 146 valence electrons. The van der Waals surface area contributed by atoms with E-state index in [2.05, 4.69) is 15.1 Å². The number of hydrogen-bond acceptors (Lipinski definition) is 7. The quantitative estimate of drug-likeness (QED) is 0.664. The zero-order chi connectivity index (χ0) is 18.9. The Morgan fingerprint density at radius 3 is 2.86 bits per heavy atom. The summed E-state index contributed by atoms with van der Waals surface area (Å²) in [6.07, 6.45) is 8.19. The first-order chi connectivity index (χ1) is 13.7. The molecule has 8 nitrogen and oxygen atoms in total. The lowest BCUT2D eigenvalue weighted by Crippen LogP contribution is -2.39. The summed E-state index contributed by atoms with van der Waals surface area (Å²) in [6, 6.07) is 3.66. The summed E-state index contributed by atoms with van der Waals surface area (Å²) in [6.45, 7) is 2.01. The summed E-state index contributed by atoms with van der Waals surface area (Å²) >= 11 is 0. The summed E-state index contributed by atoms with van der Waals surface area (Å²) in [5.41, 5.74) is 0.741. The van der Waals surface area contributed by atoms with Gasteiger partial charge in [-0.25, -0.2) is 4.79 Å². The van der Waals surface area contributed by atoms with Crippen molar-refractivity contribution in [1.29, 1.82) is 0 Å². The molecule has 5 rings (SSSR count). The Morgan fingerprint density at radius 2 is 2.07 bits per heavy atom. The molecule has 2 fully saturated rings. The number of carbonyl (C=O) groups is 1. The predicted molar refractivity (Wildman–Crippen MR) is 99.4 cm³/mol. The standard InChI is InChI=1S/C20H22N4O4/c25-20(26-12-14-1-2-14)24-7-4-13(5-8-24)9-18-22-19(28-23-18)17-10-15-11-21-6-3-16(15)27-17/h3,6,10-11,13-14H,1-2,4-5,7-9,12H2. The van der Waals surface area contributed by atoms with E-state index in [1.54, 1.807) is 18.5 Å². The lowest BCUT2D eigenvalue weighted by Gasteiger charge is -2.30. The van der Waals surface area contributed by atoms with Gasteiger partial charge in [0.15, 0.2) is 11.6 Å². The normalized spacial score (nSPS) is 17.9. The molecule has 1 aliphatic carbocycles. The molecule has 0 radical (unpaired) electrons. The number of amides is 1. The molecule has 1 saturated heterocycles. The minimum absolute atomic E-state index is 0.174. The number of ether oxygens (including phenoxy) is 1. The van der Waals surface area contributed by atoms with Crippen molar-refractivity contribution in [1.82, 2.24) is 20.0 Å². The molecule has 0 spiro atoms. The van der Waals surface area contributed by atoms with E-state index in [1.807, 2.05) is 11.0 Å². The number of fused-ring (bicyclic) bond motifs is 1. The minimum atomic E-state index is -0.174. The predicted octanol–water partition coefficient (Wildman–Crippen LogP) is 3.68. The molecule has 3 aromatic rings. The fourth-order valence-corrected chi connectivity index (χ4v) is 3.57. The summed E-state index contributed by atoms with van der Waals surface area (Å²) < 4.78 is 16.5. The largest absolute Gasteiger partial charge is 0.451 e. The van der Waals surface area contributed by atoms with E-state index in [4.69, 9.17) is 13.7 Å². The van der Waals surface area contributed by atoms with Crippen molar-refractivity contribution in [2.45, 2.75) is 32.1 Å². The average Bonchev–Trinajstić information content (AvgIpc) is 3.26. The monoisotopic (exact) mass is 382 g/mol. The molecule has 0 N–H and O–H groups in total. The van der Waals surface area contributed by atoms with Crippen molar-refractivity contribution >= 4 is 17.1 Å². The molecule has 1 amide bonds. The third kappa shape index (κ3) is 3.72. The Kier molecular flexibility index (Phi) is 4.46. The first-order valence-electron chi connectivity index (χ1n) is 9.83. The second-order valence-electron chi connectivity index (χ2n) is 7.69. The van der Waals surface area contributed by atoms with Crippen LogP contribution in [0.25, 0.3) is 22.6 Å². The Bertz CT molecular complexity index is 936. The fourth-order valence-electron chi connectivity index (χ4n) is 3.57. The third-order valence-electron chi connectivity index (χ3n) is 5.48. The molecule has 0 atom stereocenters. The maximum absolute atomic E-state index is 12.1. The number of pyridine rings is 1. The van der Waals surface area contributed by atoms with Gasteiger partial charge in [0.25, 0.3) is 5.89 Å². The van der Waals surface area contributed by atoms with Gasteiger partial charge in [0.1, 0.15) is 5.58 Å². The average molecular weight is 382 g/mol. The number of nitrogens with zero attached hydrogens (tertiary/aromatic N) is 4. The second-order valence-corrected chi connectivity index (χ2v) is 7.69. The number of piperidine rings is 1. The topological polar surface area (TPSA) is 94.5 Å². The van der Waals surface area contributed by atoms with E-state index in [9.17, 15) is 4.79 Å². The van der Waals surface area contributed by atoms with Gasteiger partial charge in [0.05, 0.1) is 6.61 Å². The number of likely N-dealkylation sites (tertiary alicyclic amines) is 1. The summed E-state index contributed by atoms with van der Waals surface area (Å²) in [5.74, 6) is 2.63. The van der Waals surface area contributed by atoms with Gasteiger partial charge in [-0.05, 0) is 49.7 Å². The number of hydrogen-bond donors (Lipinski definition) is 0. The van der Waals surface area contributed by atoms with Gasteiger partial charge < -0.3 is 18.6 Å². The zero-order valence-electron chi connectivity index (χ0n) is 15.5. The highest BCUT2D eigenvalue weighted by Gasteiger charge is 2.28. The molecule has 3 aromatic heterocycles. The van der Waals surface area contributed by atoms with Gasteiger partial charge in [-0.3, -0.25) is 4.98 Å². The summed E-state index contributed by atoms with van der Waals surface area (Å²) in [7, 11) is 0. The van der Waals surface area contributed by atoms with E-state index in [1.165, 1.54) is 12.8 Å². The molecule has 0 bridgehead atoms. The highest BCUT2D eigenvalue weighted by Crippen LogP contribution is 2.30. The number of furan rings is 1. The Labute approximate surface area is 161 Å². The number of rotatable bonds is 5. The van der Waals surface area contributed by atoms with Gasteiger partial charge in [-0.15, -0.1) is 0 Å². The van der Waals surface area contributed by atoms with Gasteiger partial charge in [-0.2, -0.15) is 4.98 Å². The first-order valence-corrected chi connectivity index (χ1v) is 9.83. The Hall–Kier alpha value is -2.90. The van der Waals surface area contributed by atoms with E-state index >= 15 is 0 Å². The molecule has 0 unspecified atom stereocenters. The smallest absolute Gasteiger partial charge is 0.409 e. The maximum Gasteiger partial charge on any atom is 0.409 e. The van der Waals surface area contributed by atoms with Gasteiger partial charge >= 0.3 is 6.09 Å². The molecule has 4 heterocycles. The first kappa shape index (κ1) is 17.2. The van der Waals surface area contributed by atoms with Crippen LogP contribution in [0.4, 0.5) is 4.79 Å². The van der Waals surface area contributed by atoms with Crippen LogP contribution in [0.1, 0.15) is 31.5 Å². The second kappa shape index (κ2) is 7.26. The fraction of sp³-hybridized carbons (Fsp3) is 0.500. The van der Waals surface area contributed by atoms with Gasteiger partial charge in [0, 0.05) is 37.3 Å². The van der Waals surface area contributed by atoms with Crippen LogP contribution in [0.2, 0.25) is 0 Å². The SMILES string of the molecule is O=C(OCC1CC1)N1CCC(Cc2noc(-c3cc4cnccc4o3)n2)CC1. The van der Waals surface area contributed by atoms with Crippen molar-refractivity contribution in [3.63, 3.8) is 0 Å². The van der Waals surface area contributed by atoms with Crippen LogP contribution >= 0.6 is 0 Å². The van der Waals surface area contributed by atoms with Crippen molar-refractivity contribution in [3.8, 4) is 11.7 Å². The highest BCUT2D eigenvalue weighted by molar-refractivity contribution is 5.80. The van der Waals surface area contributed by atoms with Crippen molar-refractivity contribution in [2.24, 2.45) is 11.8 Å². The van der Waals surface area contributed by atoms with E-state index in [-0.39, 0.29) is 6.09 Å². The van der Waals surface area contributed by atoms with Crippen molar-refractivity contribution in [3.05, 3.63) is 30.4 Å². The van der Waals surface area contributed by atoms with Gasteiger partial charge in [0.2, 0.25) is 0 Å². The van der Waals surface area contributed by atoms with Crippen LogP contribution in [0, 0.1) is 11.8 Å². The molecule has 28 heavy (non-hydrogen) atoms. The van der Waals surface area contributed by atoms with Crippen LogP contribution in [0.15, 0.2) is 33.5 Å². The van der Waals surface area contributed by atoms with Crippen LogP contribution < -0.4 is 0 Å². The lowest BCUT2D eigenvalue weighted by molar-refractivity contribution is 0.0840. The van der Waals surface area contributed by atoms with Crippen LogP contribution in [-0.2, 0) is 11.2 Å². The highest BCUT2D eigenvalue weighted by atomic mass is 16.6. The van der Waals surface area contributed by atoms with Crippen LogP contribution in [0.5, 0.6) is 0 Å². The van der Waals surface area contributed by atoms with E-state index in [0.717, 1.165) is 43.3 Å². The molecule has 1 saturated carbocycles. The van der Waals surface area contributed by atoms with Crippen LogP contribution in [-0.4, -0.2) is 45.8 Å². The zero-order valence-corrected chi connectivity index (χ0v) is 15.5. The minimum Gasteiger partial charge on any atom is -0.451 e. The molecular formula is C20H22N4O4. The summed E-state index contributed by atoms with van der Waals surface area (Å²) in [4.78, 5) is 22.5. The lowest BCUT2D eigenvalue weighted by atomic mass is 9.93. The van der Waals surface area contributed by atoms with Crippen molar-refractivity contribution in [2.75, 3.05) is 19.7 Å². The molecule has 2 aliphatic rings. The molecule has 0 aromatic carbocycles. The number of carbonyl (C=O) groups excluding carboxylic acids is 1. The summed E-state index contributed by atoms with van der Waals surface area (Å²) in [5, 5.41) is 5.00. The van der Waals surface area contributed by atoms with Crippen molar-refractivity contribution < 1.29 is 18.5 Å².